The summed E-state index contributed by atoms with van der Waals surface area (Å²) in [6.07, 6.45) is -7.64. The molecular formula is C22H24FN11O9S2. The van der Waals surface area contributed by atoms with Crippen LogP contribution < -0.4 is 21.7 Å². The largest absolute Gasteiger partial charge is 0.382 e. The van der Waals surface area contributed by atoms with Crippen LogP contribution in [0.25, 0.3) is 22.3 Å². The molecule has 0 saturated carbocycles. The number of fused-ring (bicyclic) bond motifs is 5. The lowest BCUT2D eigenvalue weighted by molar-refractivity contribution is -0.196. The number of rotatable bonds is 3. The molecule has 23 heteroatoms. The Balaban J connectivity index is 1.20. The van der Waals surface area contributed by atoms with E-state index in [9.17, 15) is 18.0 Å². The number of nitrogens with one attached hydrogen (secondary N) is 2. The number of nitrogens with two attached hydrogens (primary N) is 2. The number of carbonyl (C=O) groups excluding carboxylic acids is 1. The lowest BCUT2D eigenvalue weighted by Gasteiger charge is -2.26. The molecule has 3 aliphatic heterocycles. The maximum Gasteiger partial charge on any atom is 0.336 e. The predicted molar refractivity (Wildman–Crippen MR) is 150 cm³/mol. The van der Waals surface area contributed by atoms with Crippen molar-refractivity contribution in [3.05, 3.63) is 29.3 Å². The molecule has 7 heterocycles. The summed E-state index contributed by atoms with van der Waals surface area (Å²) in [6, 6.07) is 0. The normalized spacial score (nSPS) is 32.1. The third-order valence-electron chi connectivity index (χ3n) is 7.43. The maximum absolute atomic E-state index is 16.1. The summed E-state index contributed by atoms with van der Waals surface area (Å²) >= 11 is 3.84. The lowest BCUT2D eigenvalue weighted by atomic mass is 10.1. The molecule has 0 radical (unpaired) electrons. The Morgan fingerprint density at radius 2 is 1.78 bits per heavy atom. The number of nitrogen functional groups attached to an aromatic ring is 2. The van der Waals surface area contributed by atoms with Gasteiger partial charge in [0.2, 0.25) is 17.4 Å². The highest BCUT2D eigenvalue weighted by Crippen LogP contribution is 2.38. The van der Waals surface area contributed by atoms with Gasteiger partial charge in [-0.1, -0.05) is 0 Å². The van der Waals surface area contributed by atoms with Gasteiger partial charge in [-0.15, -0.1) is 12.6 Å². The average Bonchev–Trinajstić information content (AvgIpc) is 3.75. The molecule has 240 valence electrons. The summed E-state index contributed by atoms with van der Waals surface area (Å²) in [4.78, 5) is 47.2. The first-order valence-electron chi connectivity index (χ1n) is 13.3. The topological polar surface area (TPSA) is 269 Å². The van der Waals surface area contributed by atoms with Gasteiger partial charge in [-0.3, -0.25) is 23.7 Å². The summed E-state index contributed by atoms with van der Waals surface area (Å²) in [6.45, 7) is -0.880. The highest BCUT2D eigenvalue weighted by molar-refractivity contribution is 7.96. The number of aromatic nitrogens is 8. The second-order valence-corrected chi connectivity index (χ2v) is 12.1. The number of carbonyl (C=O) groups is 1. The zero-order valence-electron chi connectivity index (χ0n) is 22.7. The van der Waals surface area contributed by atoms with Crippen LogP contribution in [0.3, 0.4) is 0 Å². The molecule has 7 rings (SSSR count). The van der Waals surface area contributed by atoms with E-state index in [2.05, 4.69) is 47.3 Å². The number of aromatic amines is 1. The molecule has 20 nitrogen and oxygen atoms in total. The van der Waals surface area contributed by atoms with E-state index in [0.717, 1.165) is 6.33 Å². The summed E-state index contributed by atoms with van der Waals surface area (Å²) in [7, 11) is -4.56. The van der Waals surface area contributed by atoms with Crippen LogP contribution in [0.5, 0.6) is 0 Å². The molecule has 0 spiro atoms. The fourth-order valence-electron chi connectivity index (χ4n) is 5.47. The number of ether oxygens (including phenoxy) is 4. The average molecular weight is 670 g/mol. The van der Waals surface area contributed by atoms with Crippen molar-refractivity contribution in [1.29, 1.82) is 0 Å². The first kappa shape index (κ1) is 29.8. The van der Waals surface area contributed by atoms with Gasteiger partial charge in [-0.25, -0.2) is 28.5 Å². The number of nitrogens with zero attached hydrogens (tertiary/aromatic N) is 7. The zero-order valence-corrected chi connectivity index (χ0v) is 24.4. The highest BCUT2D eigenvalue weighted by Gasteiger charge is 2.50. The van der Waals surface area contributed by atoms with E-state index in [1.165, 1.54) is 21.8 Å². The van der Waals surface area contributed by atoms with Gasteiger partial charge in [0.05, 0.1) is 25.4 Å². The van der Waals surface area contributed by atoms with Crippen LogP contribution in [-0.2, 0) is 38.2 Å². The van der Waals surface area contributed by atoms with Crippen LogP contribution in [-0.4, -0.2) is 103 Å². The Labute approximate surface area is 256 Å². The Kier molecular flexibility index (Phi) is 7.43. The smallest absolute Gasteiger partial charge is 0.336 e. The molecular weight excluding hydrogens is 645 g/mol. The third kappa shape index (κ3) is 5.39. The third-order valence-corrected chi connectivity index (χ3v) is 8.66. The number of hydrogen-bond acceptors (Lipinski definition) is 16. The zero-order chi connectivity index (χ0) is 31.6. The van der Waals surface area contributed by atoms with E-state index in [-0.39, 0.29) is 47.1 Å². The molecule has 0 unspecified atom stereocenters. The van der Waals surface area contributed by atoms with Gasteiger partial charge >= 0.3 is 10.3 Å². The lowest BCUT2D eigenvalue weighted by Crippen LogP contribution is -2.44. The van der Waals surface area contributed by atoms with Crippen molar-refractivity contribution in [2.45, 2.75) is 55.8 Å². The molecule has 0 aliphatic carbocycles. The molecule has 0 amide bonds. The molecule has 3 fully saturated rings. The first-order chi connectivity index (χ1) is 21.5. The SMILES string of the molecule is Nc1nc2c(ncn2[C@@H]2O[C@@H]3CO[C@H](C(=O)S)O[C@H]4[C@@H](F)[C@H](n5cnc6c(N)ncnc65)O[C@@H]4CNS(=O)(=O)O[C@@H]2C3)c(=O)[nH]1. The van der Waals surface area contributed by atoms with Crippen molar-refractivity contribution in [2.75, 3.05) is 24.6 Å². The quantitative estimate of drug-likeness (QED) is 0.149. The summed E-state index contributed by atoms with van der Waals surface area (Å²) in [5, 5.41) is -0.893. The van der Waals surface area contributed by atoms with E-state index in [0.29, 0.717) is 0 Å². The fraction of sp³-hybridized carbons (Fsp3) is 0.500. The Hall–Kier alpha value is -3.84. The van der Waals surface area contributed by atoms with E-state index in [1.807, 2.05) is 0 Å². The van der Waals surface area contributed by atoms with Gasteiger partial charge in [-0.2, -0.15) is 18.1 Å². The molecule has 0 aromatic carbocycles. The number of halogens is 1. The van der Waals surface area contributed by atoms with Gasteiger partial charge < -0.3 is 30.4 Å². The minimum absolute atomic E-state index is 0.0101. The minimum atomic E-state index is -4.56. The molecule has 45 heavy (non-hydrogen) atoms. The highest BCUT2D eigenvalue weighted by atomic mass is 32.2. The molecule has 6 N–H and O–H groups in total. The Bertz CT molecular complexity index is 1960. The molecule has 4 aromatic heterocycles. The number of imidazole rings is 2. The molecule has 3 saturated heterocycles. The first-order valence-corrected chi connectivity index (χ1v) is 15.1. The number of alkyl halides is 1. The summed E-state index contributed by atoms with van der Waals surface area (Å²) < 4.78 is 76.0. The Morgan fingerprint density at radius 1 is 1.02 bits per heavy atom. The second-order valence-electron chi connectivity index (χ2n) is 10.3. The van der Waals surface area contributed by atoms with Crippen molar-refractivity contribution in [3.63, 3.8) is 0 Å². The van der Waals surface area contributed by atoms with Crippen LogP contribution in [0.15, 0.2) is 23.8 Å². The van der Waals surface area contributed by atoms with Gasteiger partial charge in [0.25, 0.3) is 5.56 Å². The van der Waals surface area contributed by atoms with Gasteiger partial charge in [0, 0.05) is 13.0 Å². The van der Waals surface area contributed by atoms with Crippen molar-refractivity contribution >= 4 is 62.1 Å². The second kappa shape index (κ2) is 11.2. The van der Waals surface area contributed by atoms with Gasteiger partial charge in [-0.05, 0) is 0 Å². The number of H-pyrrole nitrogens is 1. The van der Waals surface area contributed by atoms with Crippen LogP contribution in [0, 0.1) is 0 Å². The van der Waals surface area contributed by atoms with Crippen molar-refractivity contribution < 1.29 is 40.7 Å². The standard InChI is InChI=1S/C22H24FN11O9S2/c23-10-13-9(41-19(10)33-5-28-11-14(24)26-4-27-15(11)33)2-30-45(37,38)43-8-1-7(3-39-21(42-13)20(36)44)40-18(8)34-6-29-12-16(34)31-22(25)32-17(12)35/h4-10,13,18-19,21,30H,1-3H2,(H,36,44)(H2,24,26,27)(H3,25,31,32,35)/t7-,8+,9+,10+,13+,18+,19+,21-/m0/s1. The maximum atomic E-state index is 16.1. The summed E-state index contributed by atoms with van der Waals surface area (Å²) in [5.74, 6) is -0.154. The fourth-order valence-corrected chi connectivity index (χ4v) is 6.54. The van der Waals surface area contributed by atoms with Gasteiger partial charge in [0.1, 0.15) is 30.2 Å². The minimum Gasteiger partial charge on any atom is -0.382 e. The van der Waals surface area contributed by atoms with E-state index >= 15 is 4.39 Å². The monoisotopic (exact) mass is 669 g/mol. The molecule has 3 aliphatic rings. The number of anilines is 2. The van der Waals surface area contributed by atoms with Crippen LogP contribution in [0.1, 0.15) is 18.9 Å². The van der Waals surface area contributed by atoms with Crippen LogP contribution in [0.4, 0.5) is 16.2 Å². The van der Waals surface area contributed by atoms with Crippen molar-refractivity contribution in [3.8, 4) is 0 Å². The van der Waals surface area contributed by atoms with E-state index < -0.39 is 76.9 Å². The van der Waals surface area contributed by atoms with E-state index in [4.69, 9.17) is 34.6 Å². The van der Waals surface area contributed by atoms with E-state index in [1.54, 1.807) is 0 Å². The molecule has 4 aromatic rings. The van der Waals surface area contributed by atoms with Crippen LogP contribution >= 0.6 is 12.6 Å². The number of hydrogen-bond donors (Lipinski definition) is 5. The van der Waals surface area contributed by atoms with Crippen LogP contribution in [0.2, 0.25) is 0 Å². The number of thiol groups is 1. The molecule has 2 bridgehead atoms. The van der Waals surface area contributed by atoms with Crippen molar-refractivity contribution in [1.82, 2.24) is 43.8 Å². The summed E-state index contributed by atoms with van der Waals surface area (Å²) in [5.41, 5.74) is 11.2. The molecule has 8 atom stereocenters. The predicted octanol–water partition coefficient (Wildman–Crippen LogP) is -1.94. The van der Waals surface area contributed by atoms with Crippen molar-refractivity contribution in [2.24, 2.45) is 0 Å². The Morgan fingerprint density at radius 3 is 2.56 bits per heavy atom. The van der Waals surface area contributed by atoms with Gasteiger partial charge in [0.15, 0.2) is 41.3 Å².